The Morgan fingerprint density at radius 3 is 1.41 bits per heavy atom. The molecule has 0 radical (unpaired) electrons. The fourth-order valence-electron chi connectivity index (χ4n) is 2.89. The molecule has 2 aromatic carbocycles. The quantitative estimate of drug-likeness (QED) is 0.318. The number of para-hydroxylation sites is 1. The van der Waals surface area contributed by atoms with Gasteiger partial charge in [0.2, 0.25) is 0 Å². The van der Waals surface area contributed by atoms with Crippen LogP contribution in [0.25, 0.3) is 0 Å². The van der Waals surface area contributed by atoms with Crippen LogP contribution in [0.3, 0.4) is 0 Å². The Morgan fingerprint density at radius 2 is 1.00 bits per heavy atom. The van der Waals surface area contributed by atoms with Crippen LogP contribution in [-0.2, 0) is 6.42 Å². The van der Waals surface area contributed by atoms with Crippen molar-refractivity contribution in [3.05, 3.63) is 66.2 Å². The number of phenolic OH excluding ortho intramolecular Hbond substituents is 1. The summed E-state index contributed by atoms with van der Waals surface area (Å²) in [6.45, 7) is 2.28. The summed E-state index contributed by atoms with van der Waals surface area (Å²) in [5, 5.41) is 8.63. The molecular formula is C24H40CaOS. The molecule has 0 heterocycles. The van der Waals surface area contributed by atoms with E-state index in [-0.39, 0.29) is 51.2 Å². The summed E-state index contributed by atoms with van der Waals surface area (Å²) in [4.78, 5) is 0. The summed E-state index contributed by atoms with van der Waals surface area (Å²) >= 11 is 0. The van der Waals surface area contributed by atoms with Gasteiger partial charge in [-0.3, -0.25) is 0 Å². The molecule has 0 aromatic heterocycles. The van der Waals surface area contributed by atoms with Crippen molar-refractivity contribution in [1.82, 2.24) is 0 Å². The van der Waals surface area contributed by atoms with Crippen LogP contribution in [0.1, 0.15) is 76.7 Å². The van der Waals surface area contributed by atoms with E-state index in [2.05, 4.69) is 37.3 Å². The first kappa shape index (κ1) is 29.1. The summed E-state index contributed by atoms with van der Waals surface area (Å²) in [6.07, 6.45) is 15.5. The van der Waals surface area contributed by atoms with E-state index in [1.54, 1.807) is 24.3 Å². The summed E-state index contributed by atoms with van der Waals surface area (Å²) < 4.78 is 0. The van der Waals surface area contributed by atoms with Crippen molar-refractivity contribution in [2.24, 2.45) is 0 Å². The van der Waals surface area contributed by atoms with Gasteiger partial charge >= 0.3 is 37.7 Å². The molecule has 27 heavy (non-hydrogen) atoms. The summed E-state index contributed by atoms with van der Waals surface area (Å²) in [6, 6.07) is 19.6. The first-order valence-corrected chi connectivity index (χ1v) is 10.1. The number of phenols is 1. The third kappa shape index (κ3) is 19.0. The van der Waals surface area contributed by atoms with Crippen molar-refractivity contribution in [1.29, 1.82) is 0 Å². The van der Waals surface area contributed by atoms with Gasteiger partial charge in [-0.25, -0.2) is 0 Å². The SMILES string of the molecule is CCCCCCCCCCCCc1ccccc1.Oc1ccccc1.S.[CaH2]. The molecule has 0 saturated heterocycles. The van der Waals surface area contributed by atoms with Crippen LogP contribution in [0.2, 0.25) is 0 Å². The van der Waals surface area contributed by atoms with Crippen LogP contribution in [0, 0.1) is 0 Å². The van der Waals surface area contributed by atoms with Crippen LogP contribution in [0.5, 0.6) is 5.75 Å². The maximum atomic E-state index is 8.63. The van der Waals surface area contributed by atoms with Gasteiger partial charge in [-0.1, -0.05) is 113 Å². The molecule has 0 aliphatic heterocycles. The van der Waals surface area contributed by atoms with E-state index in [0.29, 0.717) is 5.75 Å². The predicted molar refractivity (Wildman–Crippen MR) is 129 cm³/mol. The molecule has 0 unspecified atom stereocenters. The summed E-state index contributed by atoms with van der Waals surface area (Å²) in [5.41, 5.74) is 1.50. The number of hydrogen-bond donors (Lipinski definition) is 1. The number of unbranched alkanes of at least 4 members (excludes halogenated alkanes) is 9. The standard InChI is InChI=1S/C18H30.C6H6O.Ca.H2S.2H/c1-2-3-4-5-6-7-8-9-10-12-15-18-16-13-11-14-17-18;7-6-4-2-1-3-5-6;;;;/h11,13-14,16-17H,2-10,12,15H2,1H3;1-5,7H;;1H2;;. The second-order valence-corrected chi connectivity index (χ2v) is 6.75. The average Bonchev–Trinajstić information content (AvgIpc) is 2.65. The van der Waals surface area contributed by atoms with E-state index >= 15 is 0 Å². The van der Waals surface area contributed by atoms with Gasteiger partial charge in [-0.2, -0.15) is 13.5 Å². The van der Waals surface area contributed by atoms with E-state index in [9.17, 15) is 0 Å². The second kappa shape index (κ2) is 22.1. The third-order valence-electron chi connectivity index (χ3n) is 4.42. The number of aryl methyl sites for hydroxylation is 1. The molecule has 0 amide bonds. The van der Waals surface area contributed by atoms with Gasteiger partial charge < -0.3 is 5.11 Å². The van der Waals surface area contributed by atoms with E-state index in [4.69, 9.17) is 5.11 Å². The Morgan fingerprint density at radius 1 is 0.593 bits per heavy atom. The molecule has 0 saturated carbocycles. The zero-order valence-corrected chi connectivity index (χ0v) is 17.5. The molecule has 0 atom stereocenters. The van der Waals surface area contributed by atoms with E-state index in [0.717, 1.165) is 0 Å². The maximum absolute atomic E-state index is 8.63. The molecule has 0 fully saturated rings. The average molecular weight is 417 g/mol. The van der Waals surface area contributed by atoms with Gasteiger partial charge in [-0.15, -0.1) is 0 Å². The topological polar surface area (TPSA) is 20.2 Å². The zero-order valence-electron chi connectivity index (χ0n) is 16.5. The van der Waals surface area contributed by atoms with Gasteiger partial charge in [0.25, 0.3) is 0 Å². The molecule has 0 aliphatic carbocycles. The van der Waals surface area contributed by atoms with E-state index in [1.807, 2.05) is 6.07 Å². The molecule has 0 spiro atoms. The molecule has 1 N–H and O–H groups in total. The van der Waals surface area contributed by atoms with Crippen LogP contribution >= 0.6 is 13.5 Å². The number of aromatic hydroxyl groups is 1. The fraction of sp³-hybridized carbons (Fsp3) is 0.500. The number of rotatable bonds is 11. The van der Waals surface area contributed by atoms with Crippen LogP contribution in [0.15, 0.2) is 60.7 Å². The first-order valence-electron chi connectivity index (χ1n) is 10.1. The van der Waals surface area contributed by atoms with E-state index in [1.165, 1.54) is 76.2 Å². The monoisotopic (exact) mass is 416 g/mol. The van der Waals surface area contributed by atoms with Gasteiger partial charge in [0.05, 0.1) is 0 Å². The Kier molecular flexibility index (Phi) is 23.8. The Balaban J connectivity index is 0. The van der Waals surface area contributed by atoms with Crippen LogP contribution in [-0.4, -0.2) is 42.8 Å². The Labute approximate surface area is 204 Å². The minimum absolute atomic E-state index is 0. The molecule has 2 aromatic rings. The van der Waals surface area contributed by atoms with Gasteiger partial charge in [0, 0.05) is 0 Å². The molecule has 2 rings (SSSR count). The first-order chi connectivity index (χ1) is 12.3. The van der Waals surface area contributed by atoms with Crippen molar-refractivity contribution in [2.45, 2.75) is 77.6 Å². The van der Waals surface area contributed by atoms with Crippen LogP contribution < -0.4 is 0 Å². The molecule has 0 bridgehead atoms. The molecule has 1 nitrogen and oxygen atoms in total. The van der Waals surface area contributed by atoms with Gasteiger partial charge in [-0.05, 0) is 30.5 Å². The van der Waals surface area contributed by atoms with Gasteiger partial charge in [0.15, 0.2) is 0 Å². The fourth-order valence-corrected chi connectivity index (χ4v) is 2.89. The summed E-state index contributed by atoms with van der Waals surface area (Å²) in [5.74, 6) is 0.322. The minimum atomic E-state index is 0. The Hall–Kier alpha value is -0.150. The molecular weight excluding hydrogens is 376 g/mol. The van der Waals surface area contributed by atoms with Gasteiger partial charge in [0.1, 0.15) is 5.75 Å². The van der Waals surface area contributed by atoms with E-state index < -0.39 is 0 Å². The second-order valence-electron chi connectivity index (χ2n) is 6.75. The molecule has 3 heteroatoms. The van der Waals surface area contributed by atoms with Crippen molar-refractivity contribution in [3.8, 4) is 5.75 Å². The predicted octanol–water partition coefficient (Wildman–Crippen LogP) is 6.74. The third-order valence-corrected chi connectivity index (χ3v) is 4.42. The van der Waals surface area contributed by atoms with Crippen LogP contribution in [0.4, 0.5) is 0 Å². The number of benzene rings is 2. The number of hydrogen-bond acceptors (Lipinski definition) is 1. The Bertz CT molecular complexity index is 504. The van der Waals surface area contributed by atoms with Crippen molar-refractivity contribution < 1.29 is 5.11 Å². The molecule has 0 aliphatic rings. The van der Waals surface area contributed by atoms with Crippen molar-refractivity contribution in [2.75, 3.05) is 0 Å². The summed E-state index contributed by atoms with van der Waals surface area (Å²) in [7, 11) is 0. The molecule has 150 valence electrons. The van der Waals surface area contributed by atoms with Crippen molar-refractivity contribution >= 4 is 51.2 Å². The normalized spacial score (nSPS) is 9.37. The zero-order chi connectivity index (χ0) is 18.0. The van der Waals surface area contributed by atoms with Crippen molar-refractivity contribution in [3.63, 3.8) is 0 Å².